The molecule has 0 unspecified atom stereocenters. The predicted molar refractivity (Wildman–Crippen MR) is 128 cm³/mol. The number of benzene rings is 2. The fraction of sp³-hybridized carbons (Fsp3) is 0.308. The molecule has 0 bridgehead atoms. The minimum Gasteiger partial charge on any atom is -0.311 e. The first-order chi connectivity index (χ1) is 16.5. The molecule has 6 nitrogen and oxygen atoms in total. The topological polar surface area (TPSA) is 59.7 Å². The SMILES string of the molecule is Cn1nc(-c2ccc(F)cc2)c2c1CNCC2.Cn1nc2c(c1-c1ccc(F)cc1)CCNC2. The normalized spacial score (nSPS) is 14.7. The first kappa shape index (κ1) is 22.4. The van der Waals surface area contributed by atoms with E-state index in [-0.39, 0.29) is 11.6 Å². The number of rotatable bonds is 2. The number of hydrogen-bond acceptors (Lipinski definition) is 4. The zero-order valence-corrected chi connectivity index (χ0v) is 19.4. The summed E-state index contributed by atoms with van der Waals surface area (Å²) in [6, 6.07) is 13.2. The highest BCUT2D eigenvalue weighted by atomic mass is 19.1. The van der Waals surface area contributed by atoms with Gasteiger partial charge < -0.3 is 10.6 Å². The minimum atomic E-state index is -0.208. The number of halogens is 2. The molecule has 6 rings (SSSR count). The number of hydrogen-bond donors (Lipinski definition) is 2. The first-order valence-corrected chi connectivity index (χ1v) is 11.5. The summed E-state index contributed by atoms with van der Waals surface area (Å²) in [6.07, 6.45) is 1.96. The smallest absolute Gasteiger partial charge is 0.123 e. The van der Waals surface area contributed by atoms with E-state index in [0.29, 0.717) is 0 Å². The van der Waals surface area contributed by atoms with Gasteiger partial charge in [-0.25, -0.2) is 8.78 Å². The molecule has 0 amide bonds. The van der Waals surface area contributed by atoms with E-state index in [1.165, 1.54) is 41.1 Å². The molecule has 0 saturated carbocycles. The molecule has 4 heterocycles. The van der Waals surface area contributed by atoms with E-state index >= 15 is 0 Å². The lowest BCUT2D eigenvalue weighted by atomic mass is 10.0. The monoisotopic (exact) mass is 462 g/mol. The molecule has 0 saturated heterocycles. The zero-order chi connectivity index (χ0) is 23.7. The van der Waals surface area contributed by atoms with Crippen LogP contribution in [0.5, 0.6) is 0 Å². The van der Waals surface area contributed by atoms with Gasteiger partial charge in [0.15, 0.2) is 0 Å². The molecule has 176 valence electrons. The Morgan fingerprint density at radius 3 is 1.97 bits per heavy atom. The summed E-state index contributed by atoms with van der Waals surface area (Å²) in [5.41, 5.74) is 9.05. The second kappa shape index (κ2) is 9.48. The summed E-state index contributed by atoms with van der Waals surface area (Å²) < 4.78 is 29.7. The van der Waals surface area contributed by atoms with E-state index in [4.69, 9.17) is 0 Å². The maximum atomic E-state index is 12.9. The molecular weight excluding hydrogens is 434 g/mol. The Kier molecular flexibility index (Phi) is 6.26. The lowest BCUT2D eigenvalue weighted by Gasteiger charge is -2.14. The fourth-order valence-electron chi connectivity index (χ4n) is 4.76. The van der Waals surface area contributed by atoms with Crippen molar-refractivity contribution < 1.29 is 8.78 Å². The van der Waals surface area contributed by atoms with Gasteiger partial charge in [-0.2, -0.15) is 10.2 Å². The minimum absolute atomic E-state index is 0.202. The van der Waals surface area contributed by atoms with Crippen LogP contribution < -0.4 is 10.6 Å². The van der Waals surface area contributed by atoms with Gasteiger partial charge in [-0.3, -0.25) is 9.36 Å². The van der Waals surface area contributed by atoms with Crippen LogP contribution in [-0.2, 0) is 40.0 Å². The Balaban J connectivity index is 0.000000142. The second-order valence-electron chi connectivity index (χ2n) is 8.66. The van der Waals surface area contributed by atoms with Gasteiger partial charge in [-0.15, -0.1) is 0 Å². The van der Waals surface area contributed by atoms with Crippen LogP contribution in [-0.4, -0.2) is 32.7 Å². The Bertz CT molecular complexity index is 1290. The van der Waals surface area contributed by atoms with Crippen LogP contribution in [0.15, 0.2) is 48.5 Å². The highest BCUT2D eigenvalue weighted by Crippen LogP contribution is 2.28. The van der Waals surface area contributed by atoms with Gasteiger partial charge in [0.1, 0.15) is 11.6 Å². The van der Waals surface area contributed by atoms with Crippen LogP contribution in [0.25, 0.3) is 22.5 Å². The van der Waals surface area contributed by atoms with Crippen LogP contribution in [0.1, 0.15) is 22.5 Å². The van der Waals surface area contributed by atoms with E-state index < -0.39 is 0 Å². The first-order valence-electron chi connectivity index (χ1n) is 11.5. The molecule has 2 N–H and O–H groups in total. The van der Waals surface area contributed by atoms with Gasteiger partial charge in [0.2, 0.25) is 0 Å². The van der Waals surface area contributed by atoms with Crippen LogP contribution in [0.4, 0.5) is 8.78 Å². The van der Waals surface area contributed by atoms with Gasteiger partial charge in [-0.1, -0.05) is 0 Å². The maximum Gasteiger partial charge on any atom is 0.123 e. The molecule has 2 aliphatic rings. The van der Waals surface area contributed by atoms with E-state index in [0.717, 1.165) is 67.2 Å². The molecule has 0 radical (unpaired) electrons. The average molecular weight is 463 g/mol. The van der Waals surface area contributed by atoms with Crippen molar-refractivity contribution in [3.8, 4) is 22.5 Å². The Morgan fingerprint density at radius 1 is 0.706 bits per heavy atom. The summed E-state index contributed by atoms with van der Waals surface area (Å²) in [7, 11) is 3.90. The number of nitrogens with zero attached hydrogens (tertiary/aromatic N) is 4. The third-order valence-corrected chi connectivity index (χ3v) is 6.43. The molecule has 8 heteroatoms. The number of nitrogens with one attached hydrogen (secondary N) is 2. The van der Waals surface area contributed by atoms with E-state index in [9.17, 15) is 8.78 Å². The highest BCUT2D eigenvalue weighted by molar-refractivity contribution is 5.65. The molecule has 2 aromatic carbocycles. The van der Waals surface area contributed by atoms with Crippen molar-refractivity contribution in [2.45, 2.75) is 25.9 Å². The summed E-state index contributed by atoms with van der Waals surface area (Å²) >= 11 is 0. The summed E-state index contributed by atoms with van der Waals surface area (Å²) in [4.78, 5) is 0. The quantitative estimate of drug-likeness (QED) is 0.477. The average Bonchev–Trinajstić information content (AvgIpc) is 3.37. The molecule has 2 aromatic heterocycles. The van der Waals surface area contributed by atoms with Crippen molar-refractivity contribution in [3.63, 3.8) is 0 Å². The lowest BCUT2D eigenvalue weighted by molar-refractivity contribution is 0.593. The van der Waals surface area contributed by atoms with Crippen molar-refractivity contribution in [1.82, 2.24) is 30.2 Å². The molecule has 4 aromatic rings. The van der Waals surface area contributed by atoms with E-state index in [2.05, 4.69) is 20.8 Å². The van der Waals surface area contributed by atoms with Crippen LogP contribution in [0.3, 0.4) is 0 Å². The largest absolute Gasteiger partial charge is 0.311 e. The van der Waals surface area contributed by atoms with Crippen molar-refractivity contribution in [1.29, 1.82) is 0 Å². The standard InChI is InChI=1S/2C13H14FN3/c1-17-12-8-15-7-6-11(12)13(16-17)9-2-4-10(14)5-3-9;1-17-13(9-2-4-10(14)5-3-9)11-6-7-15-8-12(11)16-17/h2*2-5,15H,6-8H2,1H3. The summed E-state index contributed by atoms with van der Waals surface area (Å²) in [5, 5.41) is 15.7. The van der Waals surface area contributed by atoms with Crippen LogP contribution in [0, 0.1) is 11.6 Å². The number of aryl methyl sites for hydroxylation is 2. The highest BCUT2D eigenvalue weighted by Gasteiger charge is 2.21. The Morgan fingerprint density at radius 2 is 1.29 bits per heavy atom. The van der Waals surface area contributed by atoms with E-state index in [1.807, 2.05) is 35.6 Å². The fourth-order valence-corrected chi connectivity index (χ4v) is 4.76. The van der Waals surface area contributed by atoms with E-state index in [1.54, 1.807) is 12.1 Å². The van der Waals surface area contributed by atoms with Gasteiger partial charge in [0, 0.05) is 49.4 Å². The molecule has 34 heavy (non-hydrogen) atoms. The Labute approximate surface area is 197 Å². The summed E-state index contributed by atoms with van der Waals surface area (Å²) in [6.45, 7) is 3.64. The van der Waals surface area contributed by atoms with Crippen LogP contribution >= 0.6 is 0 Å². The van der Waals surface area contributed by atoms with Gasteiger partial charge >= 0.3 is 0 Å². The second-order valence-corrected chi connectivity index (χ2v) is 8.66. The maximum absolute atomic E-state index is 12.9. The van der Waals surface area contributed by atoms with Gasteiger partial charge in [-0.05, 0) is 74.5 Å². The predicted octanol–water partition coefficient (Wildman–Crippen LogP) is 3.74. The molecule has 0 atom stereocenters. The molecule has 0 spiro atoms. The summed E-state index contributed by atoms with van der Waals surface area (Å²) in [5.74, 6) is -0.410. The Hall–Kier alpha value is -3.36. The van der Waals surface area contributed by atoms with Crippen molar-refractivity contribution in [2.24, 2.45) is 14.1 Å². The van der Waals surface area contributed by atoms with Gasteiger partial charge in [0.25, 0.3) is 0 Å². The zero-order valence-electron chi connectivity index (χ0n) is 19.4. The third-order valence-electron chi connectivity index (χ3n) is 6.43. The molecule has 0 fully saturated rings. The van der Waals surface area contributed by atoms with Gasteiger partial charge in [0.05, 0.1) is 22.8 Å². The lowest BCUT2D eigenvalue weighted by Crippen LogP contribution is -2.24. The van der Waals surface area contributed by atoms with Crippen molar-refractivity contribution >= 4 is 0 Å². The van der Waals surface area contributed by atoms with Crippen molar-refractivity contribution in [2.75, 3.05) is 13.1 Å². The number of aromatic nitrogens is 4. The van der Waals surface area contributed by atoms with Crippen LogP contribution in [0.2, 0.25) is 0 Å². The molecule has 2 aliphatic heterocycles. The third kappa shape index (κ3) is 4.38. The molecule has 0 aliphatic carbocycles. The molecular formula is C26H28F2N6. The number of fused-ring (bicyclic) bond motifs is 2. The van der Waals surface area contributed by atoms with Crippen molar-refractivity contribution in [3.05, 3.63) is 82.7 Å².